The number of hydrogen-bond acceptors (Lipinski definition) is 3. The van der Waals surface area contributed by atoms with Crippen molar-refractivity contribution in [2.45, 2.75) is 38.8 Å². The highest BCUT2D eigenvalue weighted by Crippen LogP contribution is 2.28. The fourth-order valence-corrected chi connectivity index (χ4v) is 2.95. The number of halogens is 2. The molecule has 23 heavy (non-hydrogen) atoms. The summed E-state index contributed by atoms with van der Waals surface area (Å²) in [5, 5.41) is 0.681. The summed E-state index contributed by atoms with van der Waals surface area (Å²) in [5.74, 6) is 0.0553. The van der Waals surface area contributed by atoms with Gasteiger partial charge in [0.25, 0.3) is 0 Å². The second kappa shape index (κ2) is 8.88. The van der Waals surface area contributed by atoms with Crippen LogP contribution < -0.4 is 5.73 Å². The van der Waals surface area contributed by atoms with Crippen LogP contribution in [-0.2, 0) is 16.1 Å². The van der Waals surface area contributed by atoms with E-state index in [0.29, 0.717) is 31.3 Å². The number of nitrogens with zero attached hydrogens (tertiary/aromatic N) is 1. The van der Waals surface area contributed by atoms with Gasteiger partial charge < -0.3 is 15.4 Å². The maximum absolute atomic E-state index is 12.7. The number of carbonyl (C=O) groups is 1. The Morgan fingerprint density at radius 3 is 2.78 bits per heavy atom. The minimum absolute atomic E-state index is 0. The highest BCUT2D eigenvalue weighted by Gasteiger charge is 2.33. The average molecular weight is 361 g/mol. The minimum Gasteiger partial charge on any atom is -0.375 e. The molecule has 0 aliphatic carbocycles. The molecular formula is C17H26Cl2N2O2. The predicted octanol–water partition coefficient (Wildman–Crippen LogP) is 3.25. The third-order valence-electron chi connectivity index (χ3n) is 4.09. The van der Waals surface area contributed by atoms with Crippen LogP contribution in [0.25, 0.3) is 0 Å². The van der Waals surface area contributed by atoms with Gasteiger partial charge in [0.05, 0.1) is 18.1 Å². The number of benzene rings is 1. The lowest BCUT2D eigenvalue weighted by atomic mass is 9.90. The van der Waals surface area contributed by atoms with Gasteiger partial charge in [-0.15, -0.1) is 12.4 Å². The molecule has 1 amide bonds. The standard InChI is InChI=1S/C17H25ClN2O2.ClH/c1-17(2)7-6-14(12-22-17)16(21)20(9-8-19)11-13-4-3-5-15(18)10-13;/h3-5,10,14H,6-9,11-12,19H2,1-2H3;1H. The zero-order chi connectivity index (χ0) is 16.2. The van der Waals surface area contributed by atoms with Gasteiger partial charge in [0, 0.05) is 24.7 Å². The van der Waals surface area contributed by atoms with Gasteiger partial charge in [0.2, 0.25) is 5.91 Å². The summed E-state index contributed by atoms with van der Waals surface area (Å²) in [4.78, 5) is 14.6. The Hall–Kier alpha value is -0.810. The van der Waals surface area contributed by atoms with E-state index in [2.05, 4.69) is 13.8 Å². The molecule has 1 saturated heterocycles. The van der Waals surface area contributed by atoms with Gasteiger partial charge in [-0.3, -0.25) is 4.79 Å². The fraction of sp³-hybridized carbons (Fsp3) is 0.588. The van der Waals surface area contributed by atoms with Crippen molar-refractivity contribution in [3.8, 4) is 0 Å². The van der Waals surface area contributed by atoms with E-state index >= 15 is 0 Å². The lowest BCUT2D eigenvalue weighted by molar-refractivity contribution is -0.147. The summed E-state index contributed by atoms with van der Waals surface area (Å²) in [5.41, 5.74) is 6.57. The van der Waals surface area contributed by atoms with Crippen LogP contribution in [0.1, 0.15) is 32.3 Å². The molecule has 1 aliphatic heterocycles. The van der Waals surface area contributed by atoms with E-state index in [9.17, 15) is 4.79 Å². The van der Waals surface area contributed by atoms with E-state index in [1.54, 1.807) is 0 Å². The molecule has 130 valence electrons. The van der Waals surface area contributed by atoms with Crippen molar-refractivity contribution in [2.24, 2.45) is 11.7 Å². The predicted molar refractivity (Wildman–Crippen MR) is 95.9 cm³/mol. The quantitative estimate of drug-likeness (QED) is 0.876. The number of carbonyl (C=O) groups excluding carboxylic acids is 1. The van der Waals surface area contributed by atoms with Crippen molar-refractivity contribution >= 4 is 29.9 Å². The first kappa shape index (κ1) is 20.2. The maximum Gasteiger partial charge on any atom is 0.228 e. The summed E-state index contributed by atoms with van der Waals surface area (Å²) in [6, 6.07) is 7.59. The second-order valence-electron chi connectivity index (χ2n) is 6.48. The van der Waals surface area contributed by atoms with Crippen LogP contribution in [0.15, 0.2) is 24.3 Å². The zero-order valence-corrected chi connectivity index (χ0v) is 15.3. The Kier molecular flexibility index (Phi) is 7.81. The maximum atomic E-state index is 12.7. The van der Waals surface area contributed by atoms with Gasteiger partial charge in [0.1, 0.15) is 0 Å². The molecule has 0 bridgehead atoms. The molecule has 1 heterocycles. The van der Waals surface area contributed by atoms with Crippen molar-refractivity contribution < 1.29 is 9.53 Å². The number of nitrogens with two attached hydrogens (primary N) is 1. The van der Waals surface area contributed by atoms with E-state index in [0.717, 1.165) is 18.4 Å². The molecule has 1 fully saturated rings. The van der Waals surface area contributed by atoms with E-state index in [1.807, 2.05) is 29.2 Å². The molecule has 1 unspecified atom stereocenters. The molecule has 0 radical (unpaired) electrons. The Morgan fingerprint density at radius 1 is 1.48 bits per heavy atom. The molecule has 0 spiro atoms. The lowest BCUT2D eigenvalue weighted by Gasteiger charge is -2.36. The van der Waals surface area contributed by atoms with Gasteiger partial charge in [-0.1, -0.05) is 23.7 Å². The number of rotatable bonds is 5. The van der Waals surface area contributed by atoms with Crippen molar-refractivity contribution in [3.05, 3.63) is 34.9 Å². The lowest BCUT2D eigenvalue weighted by Crippen LogP contribution is -2.44. The first-order valence-electron chi connectivity index (χ1n) is 7.78. The van der Waals surface area contributed by atoms with Gasteiger partial charge in [-0.25, -0.2) is 0 Å². The first-order valence-corrected chi connectivity index (χ1v) is 8.16. The van der Waals surface area contributed by atoms with Crippen molar-refractivity contribution in [3.63, 3.8) is 0 Å². The van der Waals surface area contributed by atoms with E-state index in [-0.39, 0.29) is 29.8 Å². The van der Waals surface area contributed by atoms with Gasteiger partial charge >= 0.3 is 0 Å². The first-order chi connectivity index (χ1) is 10.4. The second-order valence-corrected chi connectivity index (χ2v) is 6.92. The normalized spacial score (nSPS) is 19.7. The Labute approximate surface area is 149 Å². The van der Waals surface area contributed by atoms with Crippen LogP contribution in [0, 0.1) is 5.92 Å². The summed E-state index contributed by atoms with van der Waals surface area (Å²) in [6.07, 6.45) is 1.76. The van der Waals surface area contributed by atoms with Crippen LogP contribution >= 0.6 is 24.0 Å². The third kappa shape index (κ3) is 5.96. The number of amides is 1. The Bertz CT molecular complexity index is 513. The Balaban J connectivity index is 0.00000264. The minimum atomic E-state index is -0.123. The molecule has 1 atom stereocenters. The highest BCUT2D eigenvalue weighted by molar-refractivity contribution is 6.30. The topological polar surface area (TPSA) is 55.6 Å². The number of hydrogen-bond donors (Lipinski definition) is 1. The van der Waals surface area contributed by atoms with Crippen LogP contribution in [0.4, 0.5) is 0 Å². The van der Waals surface area contributed by atoms with Crippen LogP contribution in [-0.4, -0.2) is 36.1 Å². The molecule has 2 N–H and O–H groups in total. The van der Waals surface area contributed by atoms with Crippen LogP contribution in [0.2, 0.25) is 5.02 Å². The summed E-state index contributed by atoms with van der Waals surface area (Å²) >= 11 is 6.02. The monoisotopic (exact) mass is 360 g/mol. The molecule has 4 nitrogen and oxygen atoms in total. The molecule has 1 aliphatic rings. The third-order valence-corrected chi connectivity index (χ3v) is 4.33. The molecule has 0 saturated carbocycles. The van der Waals surface area contributed by atoms with Gasteiger partial charge in [-0.05, 0) is 44.4 Å². The largest absolute Gasteiger partial charge is 0.375 e. The van der Waals surface area contributed by atoms with Crippen molar-refractivity contribution in [1.82, 2.24) is 4.90 Å². The molecule has 1 aromatic carbocycles. The SMILES string of the molecule is CC1(C)CCC(C(=O)N(CCN)Cc2cccc(Cl)c2)CO1.Cl. The molecule has 6 heteroatoms. The van der Waals surface area contributed by atoms with E-state index in [4.69, 9.17) is 22.1 Å². The van der Waals surface area contributed by atoms with Gasteiger partial charge in [0.15, 0.2) is 0 Å². The highest BCUT2D eigenvalue weighted by atomic mass is 35.5. The summed E-state index contributed by atoms with van der Waals surface area (Å²) in [7, 11) is 0. The van der Waals surface area contributed by atoms with E-state index < -0.39 is 0 Å². The summed E-state index contributed by atoms with van der Waals surface area (Å²) in [6.45, 7) is 6.16. The summed E-state index contributed by atoms with van der Waals surface area (Å²) < 4.78 is 5.80. The fourth-order valence-electron chi connectivity index (χ4n) is 2.74. The van der Waals surface area contributed by atoms with Crippen molar-refractivity contribution in [1.29, 1.82) is 0 Å². The Morgan fingerprint density at radius 2 is 2.22 bits per heavy atom. The molecule has 0 aromatic heterocycles. The molecule has 1 aromatic rings. The molecular weight excluding hydrogens is 335 g/mol. The van der Waals surface area contributed by atoms with E-state index in [1.165, 1.54) is 0 Å². The average Bonchev–Trinajstić information content (AvgIpc) is 2.46. The van der Waals surface area contributed by atoms with Crippen molar-refractivity contribution in [2.75, 3.05) is 19.7 Å². The molecule has 2 rings (SSSR count). The van der Waals surface area contributed by atoms with Crippen LogP contribution in [0.5, 0.6) is 0 Å². The van der Waals surface area contributed by atoms with Gasteiger partial charge in [-0.2, -0.15) is 0 Å². The van der Waals surface area contributed by atoms with Crippen LogP contribution in [0.3, 0.4) is 0 Å². The smallest absolute Gasteiger partial charge is 0.228 e. The zero-order valence-electron chi connectivity index (χ0n) is 13.8. The number of ether oxygens (including phenoxy) is 1.